The van der Waals surface area contributed by atoms with Crippen LogP contribution in [0.2, 0.25) is 0 Å². The van der Waals surface area contributed by atoms with Gasteiger partial charge in [0.1, 0.15) is 6.29 Å². The molecule has 0 saturated heterocycles. The van der Waals surface area contributed by atoms with Crippen molar-refractivity contribution in [3.8, 4) is 0 Å². The minimum Gasteiger partial charge on any atom is -0.298 e. The quantitative estimate of drug-likeness (QED) is 0.343. The highest BCUT2D eigenvalue weighted by molar-refractivity contribution is 5.72. The van der Waals surface area contributed by atoms with Crippen molar-refractivity contribution < 1.29 is 4.79 Å². The van der Waals surface area contributed by atoms with Crippen molar-refractivity contribution in [1.82, 2.24) is 0 Å². The van der Waals surface area contributed by atoms with Crippen LogP contribution in [0.4, 0.5) is 0 Å². The van der Waals surface area contributed by atoms with Crippen LogP contribution < -0.4 is 0 Å². The maximum atomic E-state index is 10.1. The SMILES string of the molecule is CC=C(C)C=CC=C(C)C=O. The fraction of sp³-hybridized carbons (Fsp3) is 0.300. The Morgan fingerprint density at radius 3 is 2.27 bits per heavy atom. The molecule has 11 heavy (non-hydrogen) atoms. The molecule has 1 heteroatoms. The first kappa shape index (κ1) is 9.89. The summed E-state index contributed by atoms with van der Waals surface area (Å²) in [7, 11) is 0. The minimum atomic E-state index is 0.741. The first-order valence-corrected chi connectivity index (χ1v) is 3.63. The van der Waals surface area contributed by atoms with E-state index in [2.05, 4.69) is 0 Å². The largest absolute Gasteiger partial charge is 0.298 e. The zero-order valence-corrected chi connectivity index (χ0v) is 7.29. The van der Waals surface area contributed by atoms with E-state index < -0.39 is 0 Å². The van der Waals surface area contributed by atoms with E-state index in [9.17, 15) is 4.79 Å². The zero-order chi connectivity index (χ0) is 8.69. The van der Waals surface area contributed by atoms with E-state index in [0.717, 1.165) is 11.9 Å². The Balaban J connectivity index is 4.06. The summed E-state index contributed by atoms with van der Waals surface area (Å²) < 4.78 is 0. The standard InChI is InChI=1S/C10H14O/c1-4-9(2)6-5-7-10(3)8-11/h4-8H,1-3H3. The molecule has 0 bridgehead atoms. The van der Waals surface area contributed by atoms with E-state index >= 15 is 0 Å². The Morgan fingerprint density at radius 2 is 1.82 bits per heavy atom. The minimum absolute atomic E-state index is 0.741. The Hall–Kier alpha value is -1.11. The van der Waals surface area contributed by atoms with Gasteiger partial charge in [-0.25, -0.2) is 0 Å². The molecule has 0 rings (SSSR count). The zero-order valence-electron chi connectivity index (χ0n) is 7.29. The highest BCUT2D eigenvalue weighted by Crippen LogP contribution is 1.95. The first-order valence-electron chi connectivity index (χ1n) is 3.63. The van der Waals surface area contributed by atoms with E-state index in [1.165, 1.54) is 5.57 Å². The smallest absolute Gasteiger partial charge is 0.145 e. The van der Waals surface area contributed by atoms with Gasteiger partial charge in [0.2, 0.25) is 0 Å². The van der Waals surface area contributed by atoms with Crippen LogP contribution in [-0.4, -0.2) is 6.29 Å². The molecule has 0 radical (unpaired) electrons. The van der Waals surface area contributed by atoms with Gasteiger partial charge in [0, 0.05) is 0 Å². The predicted octanol–water partition coefficient (Wildman–Crippen LogP) is 2.65. The van der Waals surface area contributed by atoms with Gasteiger partial charge >= 0.3 is 0 Å². The summed E-state index contributed by atoms with van der Waals surface area (Å²) in [5.41, 5.74) is 1.94. The van der Waals surface area contributed by atoms with Crippen LogP contribution in [0.25, 0.3) is 0 Å². The molecule has 0 heterocycles. The molecule has 0 spiro atoms. The molecule has 0 aromatic heterocycles. The molecule has 0 saturated carbocycles. The van der Waals surface area contributed by atoms with Crippen LogP contribution in [-0.2, 0) is 4.79 Å². The van der Waals surface area contributed by atoms with Crippen molar-refractivity contribution in [1.29, 1.82) is 0 Å². The van der Waals surface area contributed by atoms with Gasteiger partial charge in [0.25, 0.3) is 0 Å². The molecular weight excluding hydrogens is 136 g/mol. The third-order valence-electron chi connectivity index (χ3n) is 1.36. The highest BCUT2D eigenvalue weighted by Gasteiger charge is 1.78. The Bertz CT molecular complexity index is 207. The van der Waals surface area contributed by atoms with Gasteiger partial charge in [-0.3, -0.25) is 4.79 Å². The van der Waals surface area contributed by atoms with Crippen LogP contribution in [0.1, 0.15) is 20.8 Å². The molecule has 0 N–H and O–H groups in total. The summed E-state index contributed by atoms with van der Waals surface area (Å²) >= 11 is 0. The number of carbonyl (C=O) groups is 1. The van der Waals surface area contributed by atoms with Crippen molar-refractivity contribution in [2.75, 3.05) is 0 Å². The maximum absolute atomic E-state index is 10.1. The van der Waals surface area contributed by atoms with Crippen LogP contribution in [0, 0.1) is 0 Å². The summed E-state index contributed by atoms with van der Waals surface area (Å²) in [5, 5.41) is 0. The fourth-order valence-electron chi connectivity index (χ4n) is 0.487. The molecule has 0 atom stereocenters. The third kappa shape index (κ3) is 5.34. The molecule has 0 aliphatic heterocycles. The van der Waals surface area contributed by atoms with Crippen molar-refractivity contribution in [3.05, 3.63) is 35.5 Å². The van der Waals surface area contributed by atoms with E-state index in [-0.39, 0.29) is 0 Å². The van der Waals surface area contributed by atoms with Gasteiger partial charge < -0.3 is 0 Å². The average Bonchev–Trinajstić information content (AvgIpc) is 2.04. The van der Waals surface area contributed by atoms with Crippen LogP contribution in [0.5, 0.6) is 0 Å². The van der Waals surface area contributed by atoms with Gasteiger partial charge in [0.05, 0.1) is 0 Å². The normalized spacial score (nSPS) is 14.1. The molecule has 0 aliphatic rings. The predicted molar refractivity (Wildman–Crippen MR) is 48.4 cm³/mol. The summed E-state index contributed by atoms with van der Waals surface area (Å²) in [6.45, 7) is 5.78. The molecule has 0 amide bonds. The van der Waals surface area contributed by atoms with E-state index in [1.54, 1.807) is 13.0 Å². The lowest BCUT2D eigenvalue weighted by molar-refractivity contribution is -0.104. The van der Waals surface area contributed by atoms with E-state index in [0.29, 0.717) is 0 Å². The van der Waals surface area contributed by atoms with Crippen molar-refractivity contribution in [2.45, 2.75) is 20.8 Å². The summed E-state index contributed by atoms with van der Waals surface area (Å²) in [6, 6.07) is 0. The second-order valence-corrected chi connectivity index (χ2v) is 2.42. The number of hydrogen-bond acceptors (Lipinski definition) is 1. The van der Waals surface area contributed by atoms with Gasteiger partial charge in [-0.2, -0.15) is 0 Å². The number of carbonyl (C=O) groups excluding carboxylic acids is 1. The van der Waals surface area contributed by atoms with Crippen LogP contribution in [0.15, 0.2) is 35.5 Å². The first-order chi connectivity index (χ1) is 5.20. The number of allylic oxidation sites excluding steroid dienone is 6. The lowest BCUT2D eigenvalue weighted by Crippen LogP contribution is -1.72. The van der Waals surface area contributed by atoms with Gasteiger partial charge in [-0.05, 0) is 26.3 Å². The van der Waals surface area contributed by atoms with Crippen molar-refractivity contribution in [2.24, 2.45) is 0 Å². The van der Waals surface area contributed by atoms with Crippen molar-refractivity contribution >= 4 is 6.29 Å². The lowest BCUT2D eigenvalue weighted by atomic mass is 10.2. The van der Waals surface area contributed by atoms with Gasteiger partial charge in [-0.15, -0.1) is 0 Å². The second kappa shape index (κ2) is 5.66. The Morgan fingerprint density at radius 1 is 1.18 bits per heavy atom. The summed E-state index contributed by atoms with van der Waals surface area (Å²) in [4.78, 5) is 10.1. The van der Waals surface area contributed by atoms with Crippen LogP contribution >= 0.6 is 0 Å². The molecule has 0 fully saturated rings. The highest BCUT2D eigenvalue weighted by atomic mass is 16.1. The molecular formula is C10H14O. The van der Waals surface area contributed by atoms with E-state index in [4.69, 9.17) is 0 Å². The molecule has 1 nitrogen and oxygen atoms in total. The summed E-state index contributed by atoms with van der Waals surface area (Å²) in [6.07, 6.45) is 8.49. The monoisotopic (exact) mass is 150 g/mol. The number of aldehydes is 1. The second-order valence-electron chi connectivity index (χ2n) is 2.42. The molecule has 0 aromatic carbocycles. The third-order valence-corrected chi connectivity index (χ3v) is 1.36. The number of hydrogen-bond donors (Lipinski definition) is 0. The van der Waals surface area contributed by atoms with Gasteiger partial charge in [-0.1, -0.05) is 29.9 Å². The topological polar surface area (TPSA) is 17.1 Å². The summed E-state index contributed by atoms with van der Waals surface area (Å²) in [5.74, 6) is 0. The number of rotatable bonds is 3. The van der Waals surface area contributed by atoms with Crippen LogP contribution in [0.3, 0.4) is 0 Å². The molecule has 0 aliphatic carbocycles. The fourth-order valence-corrected chi connectivity index (χ4v) is 0.487. The van der Waals surface area contributed by atoms with E-state index in [1.807, 2.05) is 32.1 Å². The molecule has 60 valence electrons. The van der Waals surface area contributed by atoms with Crippen molar-refractivity contribution in [3.63, 3.8) is 0 Å². The Kier molecular flexibility index (Phi) is 5.09. The molecule has 0 aromatic rings. The van der Waals surface area contributed by atoms with Gasteiger partial charge in [0.15, 0.2) is 0 Å². The Labute approximate surface area is 68.1 Å². The average molecular weight is 150 g/mol. The molecule has 0 unspecified atom stereocenters. The maximum Gasteiger partial charge on any atom is 0.145 e. The lowest BCUT2D eigenvalue weighted by Gasteiger charge is -1.85.